The van der Waals surface area contributed by atoms with E-state index in [1.54, 1.807) is 0 Å². The van der Waals surface area contributed by atoms with Crippen molar-refractivity contribution in [3.8, 4) is 0 Å². The van der Waals surface area contributed by atoms with Gasteiger partial charge in [-0.3, -0.25) is 4.90 Å². The van der Waals surface area contributed by atoms with E-state index < -0.39 is 0 Å². The van der Waals surface area contributed by atoms with Crippen LogP contribution >= 0.6 is 12.4 Å². The predicted molar refractivity (Wildman–Crippen MR) is 134 cm³/mol. The van der Waals surface area contributed by atoms with Crippen LogP contribution in [-0.2, 0) is 0 Å². The molecule has 0 bridgehead atoms. The maximum atomic E-state index is 13.6. The van der Waals surface area contributed by atoms with Crippen molar-refractivity contribution >= 4 is 24.1 Å². The summed E-state index contributed by atoms with van der Waals surface area (Å²) in [5, 5.41) is 0. The van der Waals surface area contributed by atoms with Crippen LogP contribution in [0.5, 0.6) is 0 Å². The zero-order chi connectivity index (χ0) is 21.2. The minimum absolute atomic E-state index is 0. The minimum atomic E-state index is -0.00371. The highest BCUT2D eigenvalue weighted by Crippen LogP contribution is 2.42. The van der Waals surface area contributed by atoms with Gasteiger partial charge in [0.2, 0.25) is 0 Å². The van der Waals surface area contributed by atoms with Crippen molar-refractivity contribution in [3.63, 3.8) is 0 Å². The standard InChI is InChI=1S/C27H35N3O.ClH/c1-28-25-15-9-8-14-24(25)26(22-12-6-3-7-13-22)30(27(28)31)23-16-18-29(19-17-23)20-21-10-4-2-5-11-21;/h3,6-9,12-15,21,23,26H,2,4-5,10-11,16-20H2,1H3;1H. The summed E-state index contributed by atoms with van der Waals surface area (Å²) in [5.74, 6) is 0.886. The largest absolute Gasteiger partial charge is 0.325 e. The summed E-state index contributed by atoms with van der Waals surface area (Å²) in [4.78, 5) is 20.3. The first-order valence-electron chi connectivity index (χ1n) is 12.1. The fourth-order valence-corrected chi connectivity index (χ4v) is 6.02. The SMILES string of the molecule is CN1C(=O)N(C2CCN(CC3CCCCC3)CC2)C(c2ccccc2)c2ccccc21.Cl. The fraction of sp³-hybridized carbons (Fsp3) is 0.519. The molecular formula is C27H36ClN3O. The molecular weight excluding hydrogens is 418 g/mol. The number of urea groups is 1. The van der Waals surface area contributed by atoms with Gasteiger partial charge in [-0.15, -0.1) is 12.4 Å². The summed E-state index contributed by atoms with van der Waals surface area (Å²) in [6.07, 6.45) is 9.19. The van der Waals surface area contributed by atoms with Gasteiger partial charge in [0.05, 0.1) is 11.7 Å². The van der Waals surface area contributed by atoms with Crippen molar-refractivity contribution in [2.24, 2.45) is 5.92 Å². The van der Waals surface area contributed by atoms with E-state index in [-0.39, 0.29) is 30.5 Å². The number of piperidine rings is 1. The number of benzene rings is 2. The Morgan fingerprint density at radius 1 is 0.844 bits per heavy atom. The zero-order valence-corrected chi connectivity index (χ0v) is 20.0. The van der Waals surface area contributed by atoms with E-state index in [2.05, 4.69) is 58.3 Å². The van der Waals surface area contributed by atoms with Crippen molar-refractivity contribution in [1.29, 1.82) is 0 Å². The summed E-state index contributed by atoms with van der Waals surface area (Å²) in [6.45, 7) is 3.47. The highest BCUT2D eigenvalue weighted by molar-refractivity contribution is 5.95. The summed E-state index contributed by atoms with van der Waals surface area (Å²) in [6, 6.07) is 19.4. The molecule has 2 aromatic carbocycles. The molecule has 5 heteroatoms. The van der Waals surface area contributed by atoms with Crippen LogP contribution in [0.1, 0.15) is 62.1 Å². The van der Waals surface area contributed by atoms with Crippen molar-refractivity contribution < 1.29 is 4.79 Å². The average Bonchev–Trinajstić information content (AvgIpc) is 2.83. The van der Waals surface area contributed by atoms with E-state index in [1.165, 1.54) is 49.8 Å². The van der Waals surface area contributed by atoms with E-state index in [4.69, 9.17) is 0 Å². The second kappa shape index (κ2) is 10.3. The molecule has 1 atom stereocenters. The Labute approximate surface area is 199 Å². The molecule has 1 aliphatic carbocycles. The fourth-order valence-electron chi connectivity index (χ4n) is 6.02. The van der Waals surface area contributed by atoms with Crippen LogP contribution < -0.4 is 4.90 Å². The number of fused-ring (bicyclic) bond motifs is 1. The molecule has 2 aromatic rings. The lowest BCUT2D eigenvalue weighted by Crippen LogP contribution is -2.55. The second-order valence-electron chi connectivity index (χ2n) is 9.66. The topological polar surface area (TPSA) is 26.8 Å². The maximum absolute atomic E-state index is 13.6. The zero-order valence-electron chi connectivity index (χ0n) is 19.2. The van der Waals surface area contributed by atoms with Gasteiger partial charge < -0.3 is 9.80 Å². The Balaban J connectivity index is 0.00000245. The van der Waals surface area contributed by atoms with Gasteiger partial charge in [0.1, 0.15) is 0 Å². The number of rotatable bonds is 4. The van der Waals surface area contributed by atoms with E-state index >= 15 is 0 Å². The molecule has 32 heavy (non-hydrogen) atoms. The smallest absolute Gasteiger partial charge is 0.310 e. The maximum Gasteiger partial charge on any atom is 0.325 e. The quantitative estimate of drug-likeness (QED) is 0.558. The van der Waals surface area contributed by atoms with Crippen LogP contribution in [0.2, 0.25) is 0 Å². The number of halogens is 1. The number of amides is 2. The molecule has 0 N–H and O–H groups in total. The van der Waals surface area contributed by atoms with Crippen LogP contribution in [0, 0.1) is 5.92 Å². The van der Waals surface area contributed by atoms with Crippen LogP contribution in [0.3, 0.4) is 0 Å². The van der Waals surface area contributed by atoms with Crippen LogP contribution in [0.4, 0.5) is 10.5 Å². The van der Waals surface area contributed by atoms with Gasteiger partial charge in [0, 0.05) is 38.3 Å². The number of likely N-dealkylation sites (tertiary alicyclic amines) is 1. The molecule has 2 heterocycles. The van der Waals surface area contributed by atoms with Crippen LogP contribution in [0.15, 0.2) is 54.6 Å². The molecule has 0 radical (unpaired) electrons. The molecule has 5 rings (SSSR count). The number of anilines is 1. The molecule has 0 spiro atoms. The molecule has 2 aliphatic heterocycles. The van der Waals surface area contributed by atoms with Gasteiger partial charge >= 0.3 is 6.03 Å². The highest BCUT2D eigenvalue weighted by Gasteiger charge is 2.41. The summed E-state index contributed by atoms with van der Waals surface area (Å²) in [5.41, 5.74) is 3.48. The van der Waals surface area contributed by atoms with Gasteiger partial charge in [-0.05, 0) is 43.2 Å². The third kappa shape index (κ3) is 4.53. The molecule has 1 saturated heterocycles. The Kier molecular flexibility index (Phi) is 7.42. The Bertz CT molecular complexity index is 891. The predicted octanol–water partition coefficient (Wildman–Crippen LogP) is 6.11. The third-order valence-electron chi connectivity index (χ3n) is 7.69. The lowest BCUT2D eigenvalue weighted by Gasteiger charge is -2.48. The minimum Gasteiger partial charge on any atom is -0.310 e. The van der Waals surface area contributed by atoms with Gasteiger partial charge in [-0.2, -0.15) is 0 Å². The van der Waals surface area contributed by atoms with E-state index in [9.17, 15) is 4.79 Å². The van der Waals surface area contributed by atoms with E-state index in [0.717, 1.165) is 37.5 Å². The first-order valence-corrected chi connectivity index (χ1v) is 12.1. The molecule has 172 valence electrons. The van der Waals surface area contributed by atoms with Gasteiger partial charge in [0.25, 0.3) is 0 Å². The van der Waals surface area contributed by atoms with Crippen molar-refractivity contribution in [3.05, 3.63) is 65.7 Å². The Hall–Kier alpha value is -2.04. The first-order chi connectivity index (χ1) is 15.2. The Morgan fingerprint density at radius 2 is 1.50 bits per heavy atom. The molecule has 0 aromatic heterocycles. The summed E-state index contributed by atoms with van der Waals surface area (Å²) < 4.78 is 0. The van der Waals surface area contributed by atoms with Crippen molar-refractivity contribution in [1.82, 2.24) is 9.80 Å². The lowest BCUT2D eigenvalue weighted by molar-refractivity contribution is 0.0933. The number of carbonyl (C=O) groups is 1. The normalized spacial score (nSPS) is 23.0. The van der Waals surface area contributed by atoms with Gasteiger partial charge in [-0.25, -0.2) is 4.79 Å². The molecule has 3 aliphatic rings. The van der Waals surface area contributed by atoms with Crippen molar-refractivity contribution in [2.45, 2.75) is 57.0 Å². The number of para-hydroxylation sites is 1. The molecule has 4 nitrogen and oxygen atoms in total. The molecule has 2 fully saturated rings. The van der Waals surface area contributed by atoms with Crippen LogP contribution in [-0.4, -0.2) is 48.6 Å². The molecule has 1 saturated carbocycles. The summed E-state index contributed by atoms with van der Waals surface area (Å²) >= 11 is 0. The number of hydrogen-bond acceptors (Lipinski definition) is 2. The lowest BCUT2D eigenvalue weighted by atomic mass is 9.87. The molecule has 2 amide bonds. The van der Waals surface area contributed by atoms with Gasteiger partial charge in [0.15, 0.2) is 0 Å². The van der Waals surface area contributed by atoms with Crippen molar-refractivity contribution in [2.75, 3.05) is 31.6 Å². The Morgan fingerprint density at radius 3 is 2.22 bits per heavy atom. The first kappa shape index (κ1) is 23.1. The monoisotopic (exact) mass is 453 g/mol. The van der Waals surface area contributed by atoms with Gasteiger partial charge in [-0.1, -0.05) is 67.8 Å². The number of hydrogen-bond donors (Lipinski definition) is 0. The average molecular weight is 454 g/mol. The second-order valence-corrected chi connectivity index (χ2v) is 9.66. The van der Waals surface area contributed by atoms with Crippen LogP contribution in [0.25, 0.3) is 0 Å². The highest BCUT2D eigenvalue weighted by atomic mass is 35.5. The third-order valence-corrected chi connectivity index (χ3v) is 7.69. The number of carbonyl (C=O) groups excluding carboxylic acids is 1. The van der Waals surface area contributed by atoms with E-state index in [1.807, 2.05) is 18.0 Å². The van der Waals surface area contributed by atoms with E-state index in [0.29, 0.717) is 0 Å². The summed E-state index contributed by atoms with van der Waals surface area (Å²) in [7, 11) is 1.92. The number of nitrogens with zero attached hydrogens (tertiary/aromatic N) is 3. The molecule has 1 unspecified atom stereocenters.